The molecule has 2 N–H and O–H groups in total. The van der Waals surface area contributed by atoms with E-state index in [9.17, 15) is 14.0 Å². The number of urea groups is 1. The van der Waals surface area contributed by atoms with Crippen LogP contribution in [0.2, 0.25) is 0 Å². The van der Waals surface area contributed by atoms with Gasteiger partial charge in [0.1, 0.15) is 12.4 Å². The summed E-state index contributed by atoms with van der Waals surface area (Å²) >= 11 is 0. The van der Waals surface area contributed by atoms with Gasteiger partial charge in [0.2, 0.25) is 0 Å². The third kappa shape index (κ3) is 3.41. The number of esters is 1. The number of allylic oxidation sites excluding steroid dienone is 1. The third-order valence-corrected chi connectivity index (χ3v) is 4.13. The molecule has 0 aromatic heterocycles. The van der Waals surface area contributed by atoms with Crippen molar-refractivity contribution in [3.8, 4) is 0 Å². The fourth-order valence-corrected chi connectivity index (χ4v) is 2.93. The van der Waals surface area contributed by atoms with Crippen LogP contribution in [-0.4, -0.2) is 31.3 Å². The minimum atomic E-state index is -0.892. The summed E-state index contributed by atoms with van der Waals surface area (Å²) in [6.07, 6.45) is 1.68. The number of nitrogens with one attached hydrogen (secondary N) is 2. The summed E-state index contributed by atoms with van der Waals surface area (Å²) < 4.78 is 24.9. The van der Waals surface area contributed by atoms with Gasteiger partial charge in [0, 0.05) is 17.9 Å². The molecule has 0 saturated carbocycles. The van der Waals surface area contributed by atoms with Gasteiger partial charge in [-0.15, -0.1) is 0 Å². The predicted octanol–water partition coefficient (Wildman–Crippen LogP) is 2.18. The highest BCUT2D eigenvalue weighted by atomic mass is 19.1. The summed E-state index contributed by atoms with van der Waals surface area (Å²) in [5.41, 5.74) is 0.762. The van der Waals surface area contributed by atoms with Crippen molar-refractivity contribution < 1.29 is 23.5 Å². The number of carbonyl (C=O) groups excluding carboxylic acids is 2. The lowest BCUT2D eigenvalue weighted by Gasteiger charge is -2.28. The van der Waals surface area contributed by atoms with Crippen LogP contribution in [0.3, 0.4) is 0 Å². The van der Waals surface area contributed by atoms with E-state index < -0.39 is 23.9 Å². The van der Waals surface area contributed by atoms with Gasteiger partial charge in [-0.2, -0.15) is 0 Å². The summed E-state index contributed by atoms with van der Waals surface area (Å²) in [6, 6.07) is 4.64. The Morgan fingerprint density at radius 1 is 1.42 bits per heavy atom. The van der Waals surface area contributed by atoms with Gasteiger partial charge >= 0.3 is 12.0 Å². The standard InChI is InChI=1S/C17H19FN2O4/c1-10-14(16(21)24-9-11-5-4-8-23-11)15(20-17(22)19-10)12-6-2-3-7-13(12)18/h2-3,6-7,11,15H,4-5,8-9H2,1H3,(H2,19,20,22)/t11-,15+/m0/s1. The highest BCUT2D eigenvalue weighted by Crippen LogP contribution is 2.29. The van der Waals surface area contributed by atoms with Crippen LogP contribution in [-0.2, 0) is 14.3 Å². The molecular formula is C17H19FN2O4. The Labute approximate surface area is 139 Å². The van der Waals surface area contributed by atoms with Crippen LogP contribution >= 0.6 is 0 Å². The fourth-order valence-electron chi connectivity index (χ4n) is 2.93. The van der Waals surface area contributed by atoms with E-state index in [-0.39, 0.29) is 23.8 Å². The van der Waals surface area contributed by atoms with Crippen molar-refractivity contribution in [1.29, 1.82) is 0 Å². The molecule has 2 heterocycles. The number of amides is 2. The van der Waals surface area contributed by atoms with Crippen LogP contribution < -0.4 is 10.6 Å². The third-order valence-electron chi connectivity index (χ3n) is 4.13. The number of benzene rings is 1. The van der Waals surface area contributed by atoms with Crippen molar-refractivity contribution in [3.63, 3.8) is 0 Å². The van der Waals surface area contributed by atoms with Crippen molar-refractivity contribution in [2.45, 2.75) is 31.9 Å². The molecule has 2 aliphatic heterocycles. The largest absolute Gasteiger partial charge is 0.459 e. The fraction of sp³-hybridized carbons (Fsp3) is 0.412. The Morgan fingerprint density at radius 3 is 2.92 bits per heavy atom. The van der Waals surface area contributed by atoms with Crippen molar-refractivity contribution in [1.82, 2.24) is 10.6 Å². The van der Waals surface area contributed by atoms with Crippen LogP contribution in [0, 0.1) is 5.82 Å². The molecule has 1 aromatic rings. The lowest BCUT2D eigenvalue weighted by molar-refractivity contribution is -0.142. The Morgan fingerprint density at radius 2 is 2.21 bits per heavy atom. The van der Waals surface area contributed by atoms with Gasteiger partial charge in [0.15, 0.2) is 0 Å². The van der Waals surface area contributed by atoms with Gasteiger partial charge in [-0.1, -0.05) is 18.2 Å². The van der Waals surface area contributed by atoms with Gasteiger partial charge in [-0.3, -0.25) is 0 Å². The SMILES string of the molecule is CC1=C(C(=O)OC[C@@H]2CCCO2)[C@@H](c2ccccc2F)NC(=O)N1. The first-order valence-corrected chi connectivity index (χ1v) is 7.87. The molecule has 24 heavy (non-hydrogen) atoms. The van der Waals surface area contributed by atoms with E-state index in [1.165, 1.54) is 12.1 Å². The predicted molar refractivity (Wildman–Crippen MR) is 83.4 cm³/mol. The quantitative estimate of drug-likeness (QED) is 0.828. The first kappa shape index (κ1) is 16.4. The summed E-state index contributed by atoms with van der Waals surface area (Å²) in [7, 11) is 0. The van der Waals surface area contributed by atoms with E-state index in [0.29, 0.717) is 12.3 Å². The Bertz CT molecular complexity index is 683. The first-order valence-electron chi connectivity index (χ1n) is 7.87. The van der Waals surface area contributed by atoms with E-state index in [2.05, 4.69) is 10.6 Å². The highest BCUT2D eigenvalue weighted by Gasteiger charge is 2.34. The smallest absolute Gasteiger partial charge is 0.338 e. The van der Waals surface area contributed by atoms with Crippen LogP contribution in [0.15, 0.2) is 35.5 Å². The Balaban J connectivity index is 1.83. The van der Waals surface area contributed by atoms with Crippen LogP contribution in [0.1, 0.15) is 31.4 Å². The zero-order valence-corrected chi connectivity index (χ0v) is 13.3. The second kappa shape index (κ2) is 7.00. The molecule has 3 rings (SSSR count). The number of hydrogen-bond acceptors (Lipinski definition) is 4. The molecule has 1 saturated heterocycles. The number of hydrogen-bond donors (Lipinski definition) is 2. The zero-order chi connectivity index (χ0) is 17.1. The van der Waals surface area contributed by atoms with E-state index in [4.69, 9.17) is 9.47 Å². The highest BCUT2D eigenvalue weighted by molar-refractivity contribution is 5.95. The molecule has 2 aliphatic rings. The molecule has 0 spiro atoms. The summed E-state index contributed by atoms with van der Waals surface area (Å²) in [6.45, 7) is 2.40. The minimum Gasteiger partial charge on any atom is -0.459 e. The molecule has 2 atom stereocenters. The van der Waals surface area contributed by atoms with Crippen LogP contribution in [0.25, 0.3) is 0 Å². The van der Waals surface area contributed by atoms with Gasteiger partial charge in [-0.05, 0) is 25.8 Å². The second-order valence-corrected chi connectivity index (χ2v) is 5.83. The molecule has 1 fully saturated rings. The van der Waals surface area contributed by atoms with Gasteiger partial charge < -0.3 is 20.1 Å². The van der Waals surface area contributed by atoms with Gasteiger partial charge in [-0.25, -0.2) is 14.0 Å². The zero-order valence-electron chi connectivity index (χ0n) is 13.3. The normalized spacial score (nSPS) is 23.7. The molecule has 6 nitrogen and oxygen atoms in total. The maximum Gasteiger partial charge on any atom is 0.338 e. The monoisotopic (exact) mass is 334 g/mol. The topological polar surface area (TPSA) is 76.7 Å². The van der Waals surface area contributed by atoms with Crippen LogP contribution in [0.4, 0.5) is 9.18 Å². The Kier molecular flexibility index (Phi) is 4.80. The summed E-state index contributed by atoms with van der Waals surface area (Å²) in [5, 5.41) is 5.12. The van der Waals surface area contributed by atoms with Crippen molar-refractivity contribution in [2.75, 3.05) is 13.2 Å². The number of carbonyl (C=O) groups is 2. The van der Waals surface area contributed by atoms with E-state index >= 15 is 0 Å². The molecule has 0 aliphatic carbocycles. The lowest BCUT2D eigenvalue weighted by atomic mass is 9.95. The maximum absolute atomic E-state index is 14.1. The van der Waals surface area contributed by atoms with Crippen molar-refractivity contribution in [3.05, 3.63) is 46.9 Å². The van der Waals surface area contributed by atoms with E-state index in [0.717, 1.165) is 12.8 Å². The molecule has 0 unspecified atom stereocenters. The van der Waals surface area contributed by atoms with E-state index in [1.54, 1.807) is 19.1 Å². The van der Waals surface area contributed by atoms with Crippen molar-refractivity contribution >= 4 is 12.0 Å². The Hall–Kier alpha value is -2.41. The summed E-state index contributed by atoms with van der Waals surface area (Å²) in [4.78, 5) is 24.3. The molecule has 0 bridgehead atoms. The summed E-state index contributed by atoms with van der Waals surface area (Å²) in [5.74, 6) is -1.09. The lowest BCUT2D eigenvalue weighted by Crippen LogP contribution is -2.45. The minimum absolute atomic E-state index is 0.104. The number of halogens is 1. The van der Waals surface area contributed by atoms with Crippen LogP contribution in [0.5, 0.6) is 0 Å². The number of rotatable bonds is 4. The molecule has 0 radical (unpaired) electrons. The first-order chi connectivity index (χ1) is 11.6. The molecule has 7 heteroatoms. The van der Waals surface area contributed by atoms with Gasteiger partial charge in [0.25, 0.3) is 0 Å². The molecule has 1 aromatic carbocycles. The van der Waals surface area contributed by atoms with Gasteiger partial charge in [0.05, 0.1) is 17.7 Å². The second-order valence-electron chi connectivity index (χ2n) is 5.83. The van der Waals surface area contributed by atoms with E-state index in [1.807, 2.05) is 0 Å². The molecule has 128 valence electrons. The number of ether oxygens (including phenoxy) is 2. The average molecular weight is 334 g/mol. The van der Waals surface area contributed by atoms with Crippen molar-refractivity contribution in [2.24, 2.45) is 0 Å². The maximum atomic E-state index is 14.1. The molecular weight excluding hydrogens is 315 g/mol. The molecule has 2 amide bonds. The average Bonchev–Trinajstić information content (AvgIpc) is 3.06.